The van der Waals surface area contributed by atoms with Crippen LogP contribution in [0.4, 0.5) is 0 Å². The minimum absolute atomic E-state index is 0.312. The zero-order valence-corrected chi connectivity index (χ0v) is 13.6. The van der Waals surface area contributed by atoms with Crippen LogP contribution in [0.3, 0.4) is 0 Å². The van der Waals surface area contributed by atoms with Gasteiger partial charge in [0.15, 0.2) is 6.10 Å². The first-order valence-corrected chi connectivity index (χ1v) is 8.15. The van der Waals surface area contributed by atoms with E-state index in [0.717, 1.165) is 17.5 Å². The van der Waals surface area contributed by atoms with E-state index in [0.29, 0.717) is 13.0 Å². The van der Waals surface area contributed by atoms with Crippen LogP contribution in [-0.2, 0) is 29.0 Å². The fourth-order valence-electron chi connectivity index (χ4n) is 2.43. The molecule has 0 fully saturated rings. The Morgan fingerprint density at radius 1 is 1.00 bits per heavy atom. The number of hydrogen-bond donors (Lipinski definition) is 1. The Kier molecular flexibility index (Phi) is 6.82. The van der Waals surface area contributed by atoms with E-state index in [-0.39, 0.29) is 0 Å². The van der Waals surface area contributed by atoms with Gasteiger partial charge in [0.2, 0.25) is 0 Å². The fraction of sp³-hybridized carbons (Fsp3) is 0.350. The van der Waals surface area contributed by atoms with Gasteiger partial charge in [0, 0.05) is 6.42 Å². The van der Waals surface area contributed by atoms with E-state index in [4.69, 9.17) is 4.74 Å². The minimum Gasteiger partial charge on any atom is -0.479 e. The van der Waals surface area contributed by atoms with Crippen molar-refractivity contribution in [1.82, 2.24) is 0 Å². The summed E-state index contributed by atoms with van der Waals surface area (Å²) < 4.78 is 5.59. The standard InChI is InChI=1S/C20H24O3/c1-2-3-7-16-10-12-17(13-11-16)14-19(20(21)22)23-15-18-8-5-4-6-9-18/h4-6,8-13,19H,2-3,7,14-15H2,1H3,(H,21,22)/t19-/m0/s1. The Bertz CT molecular complexity index is 590. The normalized spacial score (nSPS) is 12.0. The number of carbonyl (C=O) groups is 1. The van der Waals surface area contributed by atoms with E-state index in [1.54, 1.807) is 0 Å². The van der Waals surface area contributed by atoms with E-state index in [9.17, 15) is 9.90 Å². The van der Waals surface area contributed by atoms with Crippen LogP contribution in [0.2, 0.25) is 0 Å². The molecule has 1 N–H and O–H groups in total. The highest BCUT2D eigenvalue weighted by Crippen LogP contribution is 2.13. The SMILES string of the molecule is CCCCc1ccc(C[C@H](OCc2ccccc2)C(=O)O)cc1. The molecule has 3 nitrogen and oxygen atoms in total. The third-order valence-electron chi connectivity index (χ3n) is 3.83. The van der Waals surface area contributed by atoms with Gasteiger partial charge in [0.05, 0.1) is 6.61 Å². The van der Waals surface area contributed by atoms with Gasteiger partial charge in [0.25, 0.3) is 0 Å². The molecule has 2 aromatic rings. The van der Waals surface area contributed by atoms with Gasteiger partial charge in [0.1, 0.15) is 0 Å². The van der Waals surface area contributed by atoms with Gasteiger partial charge < -0.3 is 9.84 Å². The van der Waals surface area contributed by atoms with Crippen LogP contribution in [0.15, 0.2) is 54.6 Å². The number of aryl methyl sites for hydroxylation is 1. The van der Waals surface area contributed by atoms with Crippen LogP contribution < -0.4 is 0 Å². The number of carboxylic acid groups (broad SMARTS) is 1. The summed E-state index contributed by atoms with van der Waals surface area (Å²) in [7, 11) is 0. The predicted molar refractivity (Wildman–Crippen MR) is 91.4 cm³/mol. The Balaban J connectivity index is 1.92. The average Bonchev–Trinajstić information content (AvgIpc) is 2.58. The summed E-state index contributed by atoms with van der Waals surface area (Å²) in [6.45, 7) is 2.49. The molecule has 0 aliphatic carbocycles. The van der Waals surface area contributed by atoms with E-state index in [1.807, 2.05) is 42.5 Å². The lowest BCUT2D eigenvalue weighted by molar-refractivity contribution is -0.151. The molecule has 0 bridgehead atoms. The molecule has 0 radical (unpaired) electrons. The van der Waals surface area contributed by atoms with Gasteiger partial charge in [-0.25, -0.2) is 4.79 Å². The van der Waals surface area contributed by atoms with E-state index < -0.39 is 12.1 Å². The molecular formula is C20H24O3. The summed E-state index contributed by atoms with van der Waals surface area (Å²) in [5.74, 6) is -0.920. The topological polar surface area (TPSA) is 46.5 Å². The van der Waals surface area contributed by atoms with Crippen LogP contribution in [-0.4, -0.2) is 17.2 Å². The van der Waals surface area contributed by atoms with E-state index >= 15 is 0 Å². The molecule has 0 aromatic heterocycles. The molecule has 0 spiro atoms. The van der Waals surface area contributed by atoms with Gasteiger partial charge in [-0.2, -0.15) is 0 Å². The third-order valence-corrected chi connectivity index (χ3v) is 3.83. The Morgan fingerprint density at radius 3 is 2.26 bits per heavy atom. The Labute approximate surface area is 137 Å². The fourth-order valence-corrected chi connectivity index (χ4v) is 2.43. The lowest BCUT2D eigenvalue weighted by Gasteiger charge is -2.14. The molecule has 1 atom stereocenters. The summed E-state index contributed by atoms with van der Waals surface area (Å²) in [6, 6.07) is 17.8. The molecule has 2 rings (SSSR count). The van der Waals surface area contributed by atoms with Gasteiger partial charge >= 0.3 is 5.97 Å². The first-order valence-electron chi connectivity index (χ1n) is 8.15. The van der Waals surface area contributed by atoms with Crippen molar-refractivity contribution in [3.8, 4) is 0 Å². The van der Waals surface area contributed by atoms with Crippen LogP contribution in [0.25, 0.3) is 0 Å². The maximum absolute atomic E-state index is 11.4. The molecule has 0 amide bonds. The summed E-state index contributed by atoms with van der Waals surface area (Å²) >= 11 is 0. The summed E-state index contributed by atoms with van der Waals surface area (Å²) in [5.41, 5.74) is 3.27. The predicted octanol–water partition coefficient (Wildman–Crippen LogP) is 4.24. The van der Waals surface area contributed by atoms with Gasteiger partial charge in [-0.3, -0.25) is 0 Å². The van der Waals surface area contributed by atoms with Crippen molar-refractivity contribution >= 4 is 5.97 Å². The zero-order chi connectivity index (χ0) is 16.5. The monoisotopic (exact) mass is 312 g/mol. The van der Waals surface area contributed by atoms with Crippen molar-refractivity contribution in [2.45, 2.75) is 45.3 Å². The molecule has 0 aliphatic heterocycles. The average molecular weight is 312 g/mol. The number of benzene rings is 2. The van der Waals surface area contributed by atoms with Crippen LogP contribution in [0, 0.1) is 0 Å². The van der Waals surface area contributed by atoms with Crippen molar-refractivity contribution in [2.24, 2.45) is 0 Å². The first kappa shape index (κ1) is 17.2. The highest BCUT2D eigenvalue weighted by molar-refractivity contribution is 5.72. The smallest absolute Gasteiger partial charge is 0.333 e. The Hall–Kier alpha value is -2.13. The van der Waals surface area contributed by atoms with Gasteiger partial charge in [-0.1, -0.05) is 67.9 Å². The van der Waals surface area contributed by atoms with Crippen molar-refractivity contribution in [3.05, 3.63) is 71.3 Å². The van der Waals surface area contributed by atoms with E-state index in [2.05, 4.69) is 19.1 Å². The number of ether oxygens (including phenoxy) is 1. The summed E-state index contributed by atoms with van der Waals surface area (Å²) in [6.07, 6.45) is 2.99. The maximum atomic E-state index is 11.4. The molecule has 0 unspecified atom stereocenters. The quantitative estimate of drug-likeness (QED) is 0.753. The molecule has 122 valence electrons. The van der Waals surface area contributed by atoms with E-state index in [1.165, 1.54) is 18.4 Å². The molecule has 0 aliphatic rings. The number of carboxylic acids is 1. The zero-order valence-electron chi connectivity index (χ0n) is 13.6. The molecule has 23 heavy (non-hydrogen) atoms. The van der Waals surface area contributed by atoms with Crippen LogP contribution in [0.1, 0.15) is 36.5 Å². The number of hydrogen-bond acceptors (Lipinski definition) is 2. The highest BCUT2D eigenvalue weighted by Gasteiger charge is 2.18. The maximum Gasteiger partial charge on any atom is 0.333 e. The van der Waals surface area contributed by atoms with Crippen molar-refractivity contribution < 1.29 is 14.6 Å². The minimum atomic E-state index is -0.920. The molecule has 0 heterocycles. The van der Waals surface area contributed by atoms with Gasteiger partial charge in [-0.15, -0.1) is 0 Å². The van der Waals surface area contributed by atoms with Crippen LogP contribution in [0.5, 0.6) is 0 Å². The number of aliphatic carboxylic acids is 1. The summed E-state index contributed by atoms with van der Waals surface area (Å²) in [5, 5.41) is 9.36. The number of unbranched alkanes of at least 4 members (excludes halogenated alkanes) is 1. The van der Waals surface area contributed by atoms with Crippen molar-refractivity contribution in [1.29, 1.82) is 0 Å². The van der Waals surface area contributed by atoms with Crippen LogP contribution >= 0.6 is 0 Å². The second kappa shape index (κ2) is 9.11. The first-order chi connectivity index (χ1) is 11.2. The largest absolute Gasteiger partial charge is 0.479 e. The second-order valence-electron chi connectivity index (χ2n) is 5.75. The highest BCUT2D eigenvalue weighted by atomic mass is 16.5. The lowest BCUT2D eigenvalue weighted by atomic mass is 10.0. The molecule has 3 heteroatoms. The second-order valence-corrected chi connectivity index (χ2v) is 5.75. The molecular weight excluding hydrogens is 288 g/mol. The summed E-state index contributed by atoms with van der Waals surface area (Å²) in [4.78, 5) is 11.4. The van der Waals surface area contributed by atoms with Crippen molar-refractivity contribution in [2.75, 3.05) is 0 Å². The lowest BCUT2D eigenvalue weighted by Crippen LogP contribution is -2.26. The molecule has 0 saturated carbocycles. The molecule has 2 aromatic carbocycles. The van der Waals surface area contributed by atoms with Crippen molar-refractivity contribution in [3.63, 3.8) is 0 Å². The van der Waals surface area contributed by atoms with Gasteiger partial charge in [-0.05, 0) is 29.5 Å². The molecule has 0 saturated heterocycles. The Morgan fingerprint density at radius 2 is 1.65 bits per heavy atom. The third kappa shape index (κ3) is 5.87. The number of rotatable bonds is 9.